The average Bonchev–Trinajstić information content (AvgIpc) is 2.96. The van der Waals surface area contributed by atoms with Gasteiger partial charge in [0, 0.05) is 57.2 Å². The highest BCUT2D eigenvalue weighted by Crippen LogP contribution is 2.39. The molecule has 0 N–H and O–H groups in total. The maximum absolute atomic E-state index is 14.0. The number of benzene rings is 3. The molecule has 3 aromatic carbocycles. The van der Waals surface area contributed by atoms with Crippen LogP contribution in [-0.4, -0.2) is 62.7 Å². The quantitative estimate of drug-likeness (QED) is 0.423. The molecule has 2 unspecified atom stereocenters. The maximum Gasteiger partial charge on any atom is 0.416 e. The highest BCUT2D eigenvalue weighted by atomic mass is 35.5. The van der Waals surface area contributed by atoms with Gasteiger partial charge in [0.15, 0.2) is 0 Å². The zero-order valence-electron chi connectivity index (χ0n) is 21.4. The van der Waals surface area contributed by atoms with E-state index in [1.807, 2.05) is 46.2 Å². The SMILES string of the molecule is O=C(C1Cc2ccccc2N2CCN(c3ccccc3Cl)CC12)N1CCN(c2cccc(C(F)(F)F)c2)CC1. The summed E-state index contributed by atoms with van der Waals surface area (Å²) in [5.74, 6) is -0.102. The summed E-state index contributed by atoms with van der Waals surface area (Å²) in [6.07, 6.45) is -3.71. The Labute approximate surface area is 231 Å². The number of halogens is 4. The number of para-hydroxylation sites is 2. The third kappa shape index (κ3) is 5.02. The number of anilines is 3. The molecule has 0 saturated carbocycles. The van der Waals surface area contributed by atoms with Gasteiger partial charge in [-0.15, -0.1) is 0 Å². The number of piperazine rings is 2. The summed E-state index contributed by atoms with van der Waals surface area (Å²) in [4.78, 5) is 22.5. The van der Waals surface area contributed by atoms with E-state index in [1.54, 1.807) is 6.07 Å². The fraction of sp³-hybridized carbons (Fsp3) is 0.367. The van der Waals surface area contributed by atoms with Crippen LogP contribution in [0.5, 0.6) is 0 Å². The number of alkyl halides is 3. The van der Waals surface area contributed by atoms with E-state index in [1.165, 1.54) is 23.4 Å². The van der Waals surface area contributed by atoms with Crippen molar-refractivity contribution in [3.05, 3.63) is 88.9 Å². The second-order valence-electron chi connectivity index (χ2n) is 10.5. The Bertz CT molecular complexity index is 1360. The van der Waals surface area contributed by atoms with Crippen LogP contribution in [0.2, 0.25) is 5.02 Å². The Morgan fingerprint density at radius 1 is 0.795 bits per heavy atom. The molecule has 2 fully saturated rings. The van der Waals surface area contributed by atoms with E-state index >= 15 is 0 Å². The minimum Gasteiger partial charge on any atom is -0.368 e. The van der Waals surface area contributed by atoms with Crippen molar-refractivity contribution in [3.63, 3.8) is 0 Å². The average molecular weight is 555 g/mol. The molecule has 39 heavy (non-hydrogen) atoms. The summed E-state index contributed by atoms with van der Waals surface area (Å²) in [5, 5.41) is 0.704. The Morgan fingerprint density at radius 3 is 2.23 bits per heavy atom. The normalized spacial score (nSPS) is 21.4. The van der Waals surface area contributed by atoms with Crippen LogP contribution in [0.15, 0.2) is 72.8 Å². The maximum atomic E-state index is 14.0. The van der Waals surface area contributed by atoms with Crippen LogP contribution in [0.25, 0.3) is 0 Å². The van der Waals surface area contributed by atoms with E-state index in [0.717, 1.165) is 24.8 Å². The van der Waals surface area contributed by atoms with Crippen LogP contribution in [0, 0.1) is 5.92 Å². The second-order valence-corrected chi connectivity index (χ2v) is 10.9. The molecule has 2 atom stereocenters. The first kappa shape index (κ1) is 25.9. The van der Waals surface area contributed by atoms with Gasteiger partial charge in [-0.1, -0.05) is 48.0 Å². The first-order valence-electron chi connectivity index (χ1n) is 13.3. The van der Waals surface area contributed by atoms with Crippen LogP contribution in [0.1, 0.15) is 11.1 Å². The lowest BCUT2D eigenvalue weighted by Crippen LogP contribution is -2.62. The molecule has 3 heterocycles. The van der Waals surface area contributed by atoms with Crippen molar-refractivity contribution < 1.29 is 18.0 Å². The van der Waals surface area contributed by atoms with E-state index in [9.17, 15) is 18.0 Å². The van der Waals surface area contributed by atoms with Crippen LogP contribution in [0.3, 0.4) is 0 Å². The van der Waals surface area contributed by atoms with Gasteiger partial charge in [0.2, 0.25) is 5.91 Å². The largest absolute Gasteiger partial charge is 0.416 e. The smallest absolute Gasteiger partial charge is 0.368 e. The van der Waals surface area contributed by atoms with Crippen molar-refractivity contribution in [2.45, 2.75) is 18.6 Å². The predicted molar refractivity (Wildman–Crippen MR) is 149 cm³/mol. The number of amides is 1. The molecule has 0 aromatic heterocycles. The second kappa shape index (κ2) is 10.3. The first-order valence-corrected chi connectivity index (χ1v) is 13.7. The van der Waals surface area contributed by atoms with Gasteiger partial charge in [-0.3, -0.25) is 4.79 Å². The van der Waals surface area contributed by atoms with E-state index in [4.69, 9.17) is 11.6 Å². The van der Waals surface area contributed by atoms with Crippen molar-refractivity contribution in [2.75, 3.05) is 60.5 Å². The number of nitrogens with zero attached hydrogens (tertiary/aromatic N) is 4. The summed E-state index contributed by atoms with van der Waals surface area (Å²) in [6, 6.07) is 21.6. The van der Waals surface area contributed by atoms with E-state index in [-0.39, 0.29) is 17.9 Å². The molecule has 5 nitrogen and oxygen atoms in total. The van der Waals surface area contributed by atoms with Crippen molar-refractivity contribution in [1.29, 1.82) is 0 Å². The van der Waals surface area contributed by atoms with Crippen LogP contribution in [-0.2, 0) is 17.4 Å². The molecule has 2 saturated heterocycles. The van der Waals surface area contributed by atoms with Crippen molar-refractivity contribution >= 4 is 34.6 Å². The molecular formula is C30H30ClF3N4O. The van der Waals surface area contributed by atoms with Gasteiger partial charge in [-0.2, -0.15) is 13.2 Å². The van der Waals surface area contributed by atoms with Gasteiger partial charge in [-0.25, -0.2) is 0 Å². The molecule has 3 aliphatic rings. The lowest BCUT2D eigenvalue weighted by Gasteiger charge is -2.50. The third-order valence-electron chi connectivity index (χ3n) is 8.26. The van der Waals surface area contributed by atoms with Crippen molar-refractivity contribution in [2.24, 2.45) is 5.92 Å². The molecule has 1 amide bonds. The lowest BCUT2D eigenvalue weighted by atomic mass is 9.82. The van der Waals surface area contributed by atoms with Crippen LogP contribution in [0.4, 0.5) is 30.2 Å². The van der Waals surface area contributed by atoms with E-state index < -0.39 is 11.7 Å². The monoisotopic (exact) mass is 554 g/mol. The van der Waals surface area contributed by atoms with Crippen LogP contribution >= 0.6 is 11.6 Å². The summed E-state index contributed by atoms with van der Waals surface area (Å²) in [7, 11) is 0. The molecule has 3 aliphatic heterocycles. The van der Waals surface area contributed by atoms with Gasteiger partial charge >= 0.3 is 6.18 Å². The fourth-order valence-electron chi connectivity index (χ4n) is 6.27. The minimum atomic E-state index is -4.38. The summed E-state index contributed by atoms with van der Waals surface area (Å²) >= 11 is 6.54. The minimum absolute atomic E-state index is 0.00100. The molecule has 0 spiro atoms. The summed E-state index contributed by atoms with van der Waals surface area (Å²) in [5.41, 5.74) is 3.25. The fourth-order valence-corrected chi connectivity index (χ4v) is 6.52. The summed E-state index contributed by atoms with van der Waals surface area (Å²) < 4.78 is 39.7. The Balaban J connectivity index is 1.21. The zero-order valence-corrected chi connectivity index (χ0v) is 22.2. The standard InChI is InChI=1S/C30H30ClF3N4O/c31-25-9-2-4-11-27(25)37-16-17-38-26-10-3-1-6-21(26)18-24(28(38)20-37)29(39)36-14-12-35(13-15-36)23-8-5-7-22(19-23)30(32,33)34/h1-11,19,24,28H,12-18,20H2. The topological polar surface area (TPSA) is 30.0 Å². The predicted octanol–water partition coefficient (Wildman–Crippen LogP) is 5.58. The Kier molecular flexibility index (Phi) is 6.83. The zero-order chi connectivity index (χ0) is 27.1. The molecule has 204 valence electrons. The number of fused-ring (bicyclic) bond motifs is 3. The third-order valence-corrected chi connectivity index (χ3v) is 8.58. The van der Waals surface area contributed by atoms with Gasteiger partial charge in [0.05, 0.1) is 28.2 Å². The number of rotatable bonds is 3. The number of hydrogen-bond acceptors (Lipinski definition) is 4. The molecule has 3 aromatic rings. The molecule has 0 aliphatic carbocycles. The van der Waals surface area contributed by atoms with Crippen molar-refractivity contribution in [3.8, 4) is 0 Å². The van der Waals surface area contributed by atoms with Gasteiger partial charge < -0.3 is 19.6 Å². The first-order chi connectivity index (χ1) is 18.8. The Hall–Kier alpha value is -3.39. The molecule has 9 heteroatoms. The number of carbonyl (C=O) groups excluding carboxylic acids is 1. The highest BCUT2D eigenvalue weighted by molar-refractivity contribution is 6.33. The van der Waals surface area contributed by atoms with Gasteiger partial charge in [0.25, 0.3) is 0 Å². The van der Waals surface area contributed by atoms with Crippen molar-refractivity contribution in [1.82, 2.24) is 4.90 Å². The van der Waals surface area contributed by atoms with E-state index in [0.29, 0.717) is 49.9 Å². The molecule has 0 radical (unpaired) electrons. The lowest BCUT2D eigenvalue weighted by molar-refractivity contribution is -0.137. The number of hydrogen-bond donors (Lipinski definition) is 0. The van der Waals surface area contributed by atoms with E-state index in [2.05, 4.69) is 21.9 Å². The molecule has 0 bridgehead atoms. The highest BCUT2D eigenvalue weighted by Gasteiger charge is 2.43. The van der Waals surface area contributed by atoms with Gasteiger partial charge in [-0.05, 0) is 48.4 Å². The van der Waals surface area contributed by atoms with Crippen LogP contribution < -0.4 is 14.7 Å². The van der Waals surface area contributed by atoms with Gasteiger partial charge in [0.1, 0.15) is 0 Å². The molecule has 6 rings (SSSR count). The number of carbonyl (C=O) groups is 1. The summed E-state index contributed by atoms with van der Waals surface area (Å²) in [6.45, 7) is 4.25. The molecular weight excluding hydrogens is 525 g/mol. The Morgan fingerprint density at radius 2 is 1.49 bits per heavy atom.